The first-order chi connectivity index (χ1) is 11.1. The zero-order valence-electron chi connectivity index (χ0n) is 13.0. The smallest absolute Gasteiger partial charge is 0.337 e. The van der Waals surface area contributed by atoms with Crippen molar-refractivity contribution in [1.82, 2.24) is 0 Å². The minimum atomic E-state index is -0.398. The molecule has 6 nitrogen and oxygen atoms in total. The van der Waals surface area contributed by atoms with Crippen LogP contribution < -0.4 is 15.4 Å². The van der Waals surface area contributed by atoms with Crippen LogP contribution in [0.15, 0.2) is 48.5 Å². The van der Waals surface area contributed by atoms with Crippen molar-refractivity contribution in [3.8, 4) is 5.75 Å². The molecule has 0 radical (unpaired) electrons. The SMILES string of the molecule is COC(=O)c1ccc(NCC(=O)Nc2ccccc2OC)cc1. The second kappa shape index (κ2) is 7.84. The largest absolute Gasteiger partial charge is 0.495 e. The molecular formula is C17H18N2O4. The minimum absolute atomic E-state index is 0.0929. The van der Waals surface area contributed by atoms with Crippen LogP contribution in [-0.4, -0.2) is 32.6 Å². The summed E-state index contributed by atoms with van der Waals surface area (Å²) in [6.07, 6.45) is 0. The average molecular weight is 314 g/mol. The molecular weight excluding hydrogens is 296 g/mol. The maximum Gasteiger partial charge on any atom is 0.337 e. The third-order valence-electron chi connectivity index (χ3n) is 3.14. The number of methoxy groups -OCH3 is 2. The molecule has 2 rings (SSSR count). The summed E-state index contributed by atoms with van der Waals surface area (Å²) in [5.74, 6) is 0.000270. The zero-order chi connectivity index (χ0) is 16.7. The molecule has 0 saturated heterocycles. The highest BCUT2D eigenvalue weighted by atomic mass is 16.5. The zero-order valence-corrected chi connectivity index (χ0v) is 13.0. The van der Waals surface area contributed by atoms with Crippen LogP contribution in [0.5, 0.6) is 5.75 Å². The molecule has 0 unspecified atom stereocenters. The minimum Gasteiger partial charge on any atom is -0.495 e. The van der Waals surface area contributed by atoms with Crippen LogP contribution in [-0.2, 0) is 9.53 Å². The van der Waals surface area contributed by atoms with Crippen molar-refractivity contribution >= 4 is 23.3 Å². The van der Waals surface area contributed by atoms with E-state index in [9.17, 15) is 9.59 Å². The Balaban J connectivity index is 1.90. The number of hydrogen-bond donors (Lipinski definition) is 2. The van der Waals surface area contributed by atoms with E-state index in [0.29, 0.717) is 17.0 Å². The van der Waals surface area contributed by atoms with E-state index in [-0.39, 0.29) is 12.5 Å². The van der Waals surface area contributed by atoms with Gasteiger partial charge in [0.15, 0.2) is 0 Å². The lowest BCUT2D eigenvalue weighted by molar-refractivity contribution is -0.114. The molecule has 0 fully saturated rings. The lowest BCUT2D eigenvalue weighted by Gasteiger charge is -2.11. The Kier molecular flexibility index (Phi) is 5.57. The van der Waals surface area contributed by atoms with E-state index < -0.39 is 5.97 Å². The summed E-state index contributed by atoms with van der Waals surface area (Å²) in [4.78, 5) is 23.3. The van der Waals surface area contributed by atoms with Crippen molar-refractivity contribution in [2.24, 2.45) is 0 Å². The van der Waals surface area contributed by atoms with Gasteiger partial charge in [-0.05, 0) is 36.4 Å². The number of rotatable bonds is 6. The van der Waals surface area contributed by atoms with Crippen LogP contribution in [0.3, 0.4) is 0 Å². The van der Waals surface area contributed by atoms with Gasteiger partial charge in [0.25, 0.3) is 0 Å². The van der Waals surface area contributed by atoms with Crippen LogP contribution in [0.25, 0.3) is 0 Å². The normalized spacial score (nSPS) is 9.83. The molecule has 23 heavy (non-hydrogen) atoms. The first kappa shape index (κ1) is 16.4. The fraction of sp³-hybridized carbons (Fsp3) is 0.176. The standard InChI is InChI=1S/C17H18N2O4/c1-22-15-6-4-3-5-14(15)19-16(20)11-18-13-9-7-12(8-10-13)17(21)23-2/h3-10,18H,11H2,1-2H3,(H,19,20). The van der Waals surface area contributed by atoms with Gasteiger partial charge in [0.1, 0.15) is 5.75 Å². The van der Waals surface area contributed by atoms with Crippen LogP contribution in [0, 0.1) is 0 Å². The molecule has 6 heteroatoms. The summed E-state index contributed by atoms with van der Waals surface area (Å²) in [7, 11) is 2.88. The number of carbonyl (C=O) groups excluding carboxylic acids is 2. The maximum absolute atomic E-state index is 12.0. The van der Waals surface area contributed by atoms with E-state index in [0.717, 1.165) is 5.69 Å². The highest BCUT2D eigenvalue weighted by molar-refractivity contribution is 5.95. The number of para-hydroxylation sites is 2. The van der Waals surface area contributed by atoms with Gasteiger partial charge < -0.3 is 20.1 Å². The van der Waals surface area contributed by atoms with Crippen molar-refractivity contribution in [3.05, 3.63) is 54.1 Å². The van der Waals surface area contributed by atoms with Gasteiger partial charge in [-0.25, -0.2) is 4.79 Å². The van der Waals surface area contributed by atoms with Crippen molar-refractivity contribution in [2.45, 2.75) is 0 Å². The molecule has 0 aliphatic rings. The third kappa shape index (κ3) is 4.47. The molecule has 2 N–H and O–H groups in total. The van der Waals surface area contributed by atoms with E-state index >= 15 is 0 Å². The van der Waals surface area contributed by atoms with E-state index in [1.807, 2.05) is 12.1 Å². The molecule has 1 amide bonds. The van der Waals surface area contributed by atoms with Gasteiger partial charge in [0.2, 0.25) is 5.91 Å². The fourth-order valence-corrected chi connectivity index (χ4v) is 1.97. The summed E-state index contributed by atoms with van der Waals surface area (Å²) in [6.45, 7) is 0.0929. The predicted octanol–water partition coefficient (Wildman–Crippen LogP) is 2.53. The van der Waals surface area contributed by atoms with Crippen molar-refractivity contribution < 1.29 is 19.1 Å². The molecule has 2 aromatic carbocycles. The number of anilines is 2. The second-order valence-electron chi connectivity index (χ2n) is 4.67. The summed E-state index contributed by atoms with van der Waals surface area (Å²) in [5, 5.41) is 5.75. The van der Waals surface area contributed by atoms with Crippen LogP contribution in [0.2, 0.25) is 0 Å². The molecule has 0 saturated carbocycles. The van der Waals surface area contributed by atoms with Gasteiger partial charge in [-0.2, -0.15) is 0 Å². The number of esters is 1. The Labute approximate surface area is 134 Å². The van der Waals surface area contributed by atoms with Crippen molar-refractivity contribution in [2.75, 3.05) is 31.4 Å². The Morgan fingerprint density at radius 3 is 2.35 bits per heavy atom. The first-order valence-corrected chi connectivity index (χ1v) is 6.99. The molecule has 0 bridgehead atoms. The highest BCUT2D eigenvalue weighted by Gasteiger charge is 2.07. The molecule has 0 aliphatic heterocycles. The Hall–Kier alpha value is -3.02. The summed E-state index contributed by atoms with van der Waals surface area (Å²) in [6, 6.07) is 13.9. The van der Waals surface area contributed by atoms with E-state index in [1.165, 1.54) is 7.11 Å². The third-order valence-corrected chi connectivity index (χ3v) is 3.14. The quantitative estimate of drug-likeness (QED) is 0.801. The average Bonchev–Trinajstić information content (AvgIpc) is 2.60. The Morgan fingerprint density at radius 1 is 1.00 bits per heavy atom. The topological polar surface area (TPSA) is 76.7 Å². The van der Waals surface area contributed by atoms with Crippen LogP contribution >= 0.6 is 0 Å². The Morgan fingerprint density at radius 2 is 1.70 bits per heavy atom. The molecule has 0 spiro atoms. The molecule has 0 aromatic heterocycles. The number of benzene rings is 2. The van der Waals surface area contributed by atoms with Crippen LogP contribution in [0.4, 0.5) is 11.4 Å². The molecule has 2 aromatic rings. The second-order valence-corrected chi connectivity index (χ2v) is 4.67. The molecule has 120 valence electrons. The monoisotopic (exact) mass is 314 g/mol. The maximum atomic E-state index is 12.0. The summed E-state index contributed by atoms with van der Waals surface area (Å²) >= 11 is 0. The number of amides is 1. The Bertz CT molecular complexity index is 683. The van der Waals surface area contributed by atoms with Gasteiger partial charge >= 0.3 is 5.97 Å². The number of hydrogen-bond acceptors (Lipinski definition) is 5. The first-order valence-electron chi connectivity index (χ1n) is 6.99. The van der Waals surface area contributed by atoms with Gasteiger partial charge in [0, 0.05) is 5.69 Å². The summed E-state index contributed by atoms with van der Waals surface area (Å²) < 4.78 is 9.80. The van der Waals surface area contributed by atoms with Crippen LogP contribution in [0.1, 0.15) is 10.4 Å². The van der Waals surface area contributed by atoms with E-state index in [4.69, 9.17) is 4.74 Å². The predicted molar refractivity (Wildman–Crippen MR) is 87.9 cm³/mol. The van der Waals surface area contributed by atoms with Crippen molar-refractivity contribution in [3.63, 3.8) is 0 Å². The lowest BCUT2D eigenvalue weighted by atomic mass is 10.2. The summed E-state index contributed by atoms with van der Waals surface area (Å²) in [5.41, 5.74) is 1.80. The van der Waals surface area contributed by atoms with Gasteiger partial charge in [-0.3, -0.25) is 4.79 Å². The van der Waals surface area contributed by atoms with E-state index in [2.05, 4.69) is 15.4 Å². The van der Waals surface area contributed by atoms with Crippen molar-refractivity contribution in [1.29, 1.82) is 0 Å². The number of carbonyl (C=O) groups is 2. The van der Waals surface area contributed by atoms with E-state index in [1.54, 1.807) is 43.5 Å². The fourth-order valence-electron chi connectivity index (χ4n) is 1.97. The highest BCUT2D eigenvalue weighted by Crippen LogP contribution is 2.22. The number of ether oxygens (including phenoxy) is 2. The lowest BCUT2D eigenvalue weighted by Crippen LogP contribution is -2.22. The number of nitrogens with one attached hydrogen (secondary N) is 2. The van der Waals surface area contributed by atoms with Gasteiger partial charge in [0.05, 0.1) is 32.0 Å². The van der Waals surface area contributed by atoms with Gasteiger partial charge in [-0.15, -0.1) is 0 Å². The molecule has 0 atom stereocenters. The van der Waals surface area contributed by atoms with Gasteiger partial charge in [-0.1, -0.05) is 12.1 Å². The molecule has 0 aliphatic carbocycles. The molecule has 0 heterocycles.